The number of rotatable bonds is 2. The summed E-state index contributed by atoms with van der Waals surface area (Å²) in [6.45, 7) is 0.950. The van der Waals surface area contributed by atoms with Crippen LogP contribution in [-0.2, 0) is 4.79 Å². The van der Waals surface area contributed by atoms with Crippen LogP contribution in [0.1, 0.15) is 42.5 Å². The van der Waals surface area contributed by atoms with Gasteiger partial charge in [-0.25, -0.2) is 0 Å². The fourth-order valence-electron chi connectivity index (χ4n) is 4.58. The molecule has 1 aromatic rings. The zero-order chi connectivity index (χ0) is 15.6. The van der Waals surface area contributed by atoms with Crippen LogP contribution >= 0.6 is 0 Å². The lowest BCUT2D eigenvalue weighted by atomic mass is 9.56. The van der Waals surface area contributed by atoms with Gasteiger partial charge in [-0.3, -0.25) is 9.59 Å². The molecule has 23 heavy (non-hydrogen) atoms. The number of carbonyl (C=O) groups is 2. The third kappa shape index (κ3) is 1.92. The minimum absolute atomic E-state index is 0.0404. The number of nitrogens with one attached hydrogen (secondary N) is 1. The van der Waals surface area contributed by atoms with E-state index in [2.05, 4.69) is 10.2 Å². The van der Waals surface area contributed by atoms with Crippen LogP contribution in [0, 0.1) is 11.3 Å². The van der Waals surface area contributed by atoms with Crippen molar-refractivity contribution in [2.75, 3.05) is 18.5 Å². The summed E-state index contributed by atoms with van der Waals surface area (Å²) in [7, 11) is 0. The Kier molecular flexibility index (Phi) is 2.62. The topological polar surface area (TPSA) is 58.6 Å². The average molecular weight is 312 g/mol. The van der Waals surface area contributed by atoms with E-state index in [0.717, 1.165) is 6.54 Å². The van der Waals surface area contributed by atoms with E-state index in [-0.39, 0.29) is 18.4 Å². The van der Waals surface area contributed by atoms with Crippen LogP contribution in [0.15, 0.2) is 18.2 Å². The Balaban J connectivity index is 1.40. The maximum Gasteiger partial charge on any atom is 0.262 e. The van der Waals surface area contributed by atoms with E-state index in [1.54, 1.807) is 12.1 Å². The molecule has 2 aliphatic carbocycles. The number of nitrogens with zero attached hydrogens (tertiary/aromatic N) is 1. The Bertz CT molecular complexity index is 706. The molecule has 0 bridgehead atoms. The first-order chi connectivity index (χ1) is 11.2. The van der Waals surface area contributed by atoms with E-state index >= 15 is 0 Å². The van der Waals surface area contributed by atoms with Gasteiger partial charge in [0.25, 0.3) is 11.8 Å². The molecule has 1 atom stereocenters. The first-order valence-electron chi connectivity index (χ1n) is 8.54. The van der Waals surface area contributed by atoms with Crippen molar-refractivity contribution in [1.82, 2.24) is 4.90 Å². The van der Waals surface area contributed by atoms with Gasteiger partial charge in [0.05, 0.1) is 5.69 Å². The highest BCUT2D eigenvalue weighted by Crippen LogP contribution is 2.59. The van der Waals surface area contributed by atoms with Gasteiger partial charge in [-0.05, 0) is 49.8 Å². The lowest BCUT2D eigenvalue weighted by molar-refractivity contribution is -0.118. The number of carbonyl (C=O) groups excluding carboxylic acids is 2. The molecule has 5 heteroatoms. The summed E-state index contributed by atoms with van der Waals surface area (Å²) in [5.74, 6) is 1.28. The molecule has 3 fully saturated rings. The molecule has 1 unspecified atom stereocenters. The zero-order valence-electron chi connectivity index (χ0n) is 13.0. The highest BCUT2D eigenvalue weighted by molar-refractivity contribution is 6.00. The molecule has 2 amide bonds. The van der Waals surface area contributed by atoms with Gasteiger partial charge in [0.15, 0.2) is 6.61 Å². The molecule has 2 saturated carbocycles. The number of amides is 2. The SMILES string of the molecule is O=C1COc2ccc(C(=O)N3CC4(CCC4)C3C3CC3)cc2N1. The monoisotopic (exact) mass is 312 g/mol. The Morgan fingerprint density at radius 2 is 2.13 bits per heavy atom. The molecule has 120 valence electrons. The first kappa shape index (κ1) is 13.4. The lowest BCUT2D eigenvalue weighted by Gasteiger charge is -2.63. The predicted octanol–water partition coefficient (Wildman–Crippen LogP) is 2.42. The van der Waals surface area contributed by atoms with Gasteiger partial charge in [-0.15, -0.1) is 0 Å². The van der Waals surface area contributed by atoms with Crippen molar-refractivity contribution < 1.29 is 14.3 Å². The molecular formula is C18H20N2O3. The standard InChI is InChI=1S/C18H20N2O3/c21-15-9-23-14-5-4-12(8-13(14)19-15)17(22)20-10-18(6-1-7-18)16(20)11-2-3-11/h4-5,8,11,16H,1-3,6-7,9-10H2,(H,19,21). The van der Waals surface area contributed by atoms with Crippen LogP contribution in [0.5, 0.6) is 5.75 Å². The quantitative estimate of drug-likeness (QED) is 0.912. The fraction of sp³-hybridized carbons (Fsp3) is 0.556. The second-order valence-electron chi connectivity index (χ2n) is 7.48. The smallest absolute Gasteiger partial charge is 0.262 e. The lowest BCUT2D eigenvalue weighted by Crippen LogP contribution is -2.69. The molecule has 2 heterocycles. The molecule has 1 N–H and O–H groups in total. The third-order valence-electron chi connectivity index (χ3n) is 5.99. The summed E-state index contributed by atoms with van der Waals surface area (Å²) in [6, 6.07) is 5.80. The summed E-state index contributed by atoms with van der Waals surface area (Å²) in [4.78, 5) is 26.5. The number of likely N-dealkylation sites (tertiary alicyclic amines) is 1. The molecule has 5 nitrogen and oxygen atoms in total. The van der Waals surface area contributed by atoms with Crippen LogP contribution in [0.25, 0.3) is 0 Å². The summed E-state index contributed by atoms with van der Waals surface area (Å²) >= 11 is 0. The predicted molar refractivity (Wildman–Crippen MR) is 84.4 cm³/mol. The van der Waals surface area contributed by atoms with Gasteiger partial charge in [-0.1, -0.05) is 6.42 Å². The maximum atomic E-state index is 12.9. The molecule has 4 aliphatic rings. The minimum atomic E-state index is -0.171. The van der Waals surface area contributed by atoms with Gasteiger partial charge in [-0.2, -0.15) is 0 Å². The van der Waals surface area contributed by atoms with E-state index in [1.165, 1.54) is 32.1 Å². The summed E-state index contributed by atoms with van der Waals surface area (Å²) < 4.78 is 5.36. The summed E-state index contributed by atoms with van der Waals surface area (Å²) in [5, 5.41) is 2.78. The van der Waals surface area contributed by atoms with E-state index in [4.69, 9.17) is 4.74 Å². The minimum Gasteiger partial charge on any atom is -0.482 e. The number of ether oxygens (including phenoxy) is 1. The Morgan fingerprint density at radius 1 is 1.30 bits per heavy atom. The molecule has 1 spiro atoms. The second-order valence-corrected chi connectivity index (χ2v) is 7.48. The number of benzene rings is 1. The Morgan fingerprint density at radius 3 is 2.83 bits per heavy atom. The summed E-state index contributed by atoms with van der Waals surface area (Å²) in [6.07, 6.45) is 6.42. The van der Waals surface area contributed by atoms with Crippen molar-refractivity contribution in [3.05, 3.63) is 23.8 Å². The van der Waals surface area contributed by atoms with Crippen LogP contribution < -0.4 is 10.1 Å². The van der Waals surface area contributed by atoms with Crippen LogP contribution in [0.2, 0.25) is 0 Å². The van der Waals surface area contributed by atoms with Crippen molar-refractivity contribution in [3.8, 4) is 5.75 Å². The molecule has 0 aromatic heterocycles. The number of hydrogen-bond donors (Lipinski definition) is 1. The Labute approximate surface area is 135 Å². The number of anilines is 1. The molecule has 0 radical (unpaired) electrons. The van der Waals surface area contributed by atoms with Crippen molar-refractivity contribution >= 4 is 17.5 Å². The molecule has 2 aliphatic heterocycles. The number of fused-ring (bicyclic) bond motifs is 1. The average Bonchev–Trinajstić information content (AvgIpc) is 3.28. The molecule has 1 saturated heterocycles. The van der Waals surface area contributed by atoms with E-state index in [0.29, 0.717) is 34.4 Å². The van der Waals surface area contributed by atoms with Crippen molar-refractivity contribution in [2.45, 2.75) is 38.1 Å². The highest BCUT2D eigenvalue weighted by Gasteiger charge is 2.61. The van der Waals surface area contributed by atoms with E-state index in [1.807, 2.05) is 6.07 Å². The fourth-order valence-corrected chi connectivity index (χ4v) is 4.58. The summed E-state index contributed by atoms with van der Waals surface area (Å²) in [5.41, 5.74) is 1.69. The Hall–Kier alpha value is -2.04. The second kappa shape index (κ2) is 4.49. The van der Waals surface area contributed by atoms with Gasteiger partial charge >= 0.3 is 0 Å². The zero-order valence-corrected chi connectivity index (χ0v) is 13.0. The van der Waals surface area contributed by atoms with Crippen LogP contribution in [0.4, 0.5) is 5.69 Å². The largest absolute Gasteiger partial charge is 0.482 e. The van der Waals surface area contributed by atoms with Crippen molar-refractivity contribution in [1.29, 1.82) is 0 Å². The van der Waals surface area contributed by atoms with Gasteiger partial charge in [0.1, 0.15) is 5.75 Å². The highest BCUT2D eigenvalue weighted by atomic mass is 16.5. The maximum absolute atomic E-state index is 12.9. The van der Waals surface area contributed by atoms with Crippen LogP contribution in [0.3, 0.4) is 0 Å². The third-order valence-corrected chi connectivity index (χ3v) is 5.99. The number of hydrogen-bond acceptors (Lipinski definition) is 3. The van der Waals surface area contributed by atoms with Crippen molar-refractivity contribution in [2.24, 2.45) is 11.3 Å². The van der Waals surface area contributed by atoms with E-state index in [9.17, 15) is 9.59 Å². The van der Waals surface area contributed by atoms with Gasteiger partial charge in [0.2, 0.25) is 0 Å². The van der Waals surface area contributed by atoms with E-state index < -0.39 is 0 Å². The molecule has 1 aromatic carbocycles. The molecule has 5 rings (SSSR count). The van der Waals surface area contributed by atoms with Gasteiger partial charge < -0.3 is 15.0 Å². The van der Waals surface area contributed by atoms with Gasteiger partial charge in [0, 0.05) is 23.6 Å². The molecular weight excluding hydrogens is 292 g/mol. The first-order valence-corrected chi connectivity index (χ1v) is 8.54. The van der Waals surface area contributed by atoms with Crippen molar-refractivity contribution in [3.63, 3.8) is 0 Å². The van der Waals surface area contributed by atoms with Crippen LogP contribution in [-0.4, -0.2) is 35.9 Å². The normalized spacial score (nSPS) is 27.4.